The fourth-order valence-electron chi connectivity index (χ4n) is 1.74. The molecule has 2 atom stereocenters. The van der Waals surface area contributed by atoms with Crippen LogP contribution in [0.15, 0.2) is 11.5 Å². The molecule has 0 fully saturated rings. The fourth-order valence-corrected chi connectivity index (χ4v) is 2.95. The zero-order valence-corrected chi connectivity index (χ0v) is 12.5. The van der Waals surface area contributed by atoms with Crippen molar-refractivity contribution in [3.05, 3.63) is 11.5 Å². The molecule has 1 rings (SSSR count). The molecule has 0 saturated heterocycles. The quantitative estimate of drug-likeness (QED) is 0.364. The molecule has 19 heavy (non-hydrogen) atoms. The zero-order valence-electron chi connectivity index (χ0n) is 11.5. The van der Waals surface area contributed by atoms with Crippen molar-refractivity contribution < 1.29 is 29.6 Å². The average Bonchev–Trinajstić information content (AvgIpc) is 2.60. The lowest BCUT2D eigenvalue weighted by atomic mass is 10.2. The summed E-state index contributed by atoms with van der Waals surface area (Å²) in [5.74, 6) is -1.63. The summed E-state index contributed by atoms with van der Waals surface area (Å²) in [6, 6.07) is 1.06. The molecule has 0 aromatic heterocycles. The summed E-state index contributed by atoms with van der Waals surface area (Å²) in [6.07, 6.45) is -1.60. The van der Waals surface area contributed by atoms with Crippen LogP contribution < -0.4 is 0 Å². The Balaban J connectivity index is 2.55. The Morgan fingerprint density at radius 2 is 2.05 bits per heavy atom. The Kier molecular flexibility index (Phi) is 5.39. The van der Waals surface area contributed by atoms with Crippen molar-refractivity contribution in [2.45, 2.75) is 44.3 Å². The van der Waals surface area contributed by atoms with Gasteiger partial charge in [-0.2, -0.15) is 0 Å². The SMILES string of the molecule is C[Si](C)(C)CCCOC1=C(O)C(=O)OC1C(O)CO. The van der Waals surface area contributed by atoms with Crippen LogP contribution in [0.4, 0.5) is 0 Å². The molecular weight excluding hydrogens is 268 g/mol. The van der Waals surface area contributed by atoms with Crippen molar-refractivity contribution in [2.24, 2.45) is 0 Å². The molecule has 6 nitrogen and oxygen atoms in total. The number of aliphatic hydroxyl groups excluding tert-OH is 3. The van der Waals surface area contributed by atoms with Gasteiger partial charge < -0.3 is 24.8 Å². The van der Waals surface area contributed by atoms with Gasteiger partial charge in [-0.15, -0.1) is 0 Å². The van der Waals surface area contributed by atoms with Gasteiger partial charge in [-0.25, -0.2) is 4.79 Å². The van der Waals surface area contributed by atoms with Crippen LogP contribution in [-0.4, -0.2) is 54.8 Å². The van der Waals surface area contributed by atoms with Gasteiger partial charge in [0.2, 0.25) is 5.76 Å². The lowest BCUT2D eigenvalue weighted by Crippen LogP contribution is -2.32. The molecule has 0 aromatic rings. The van der Waals surface area contributed by atoms with Crippen molar-refractivity contribution >= 4 is 14.0 Å². The van der Waals surface area contributed by atoms with Gasteiger partial charge in [-0.3, -0.25) is 0 Å². The minimum absolute atomic E-state index is 0.0814. The monoisotopic (exact) mass is 290 g/mol. The van der Waals surface area contributed by atoms with Gasteiger partial charge in [0.05, 0.1) is 13.2 Å². The van der Waals surface area contributed by atoms with Gasteiger partial charge in [0.15, 0.2) is 11.9 Å². The maximum atomic E-state index is 11.2. The van der Waals surface area contributed by atoms with Crippen molar-refractivity contribution in [1.29, 1.82) is 0 Å². The minimum Gasteiger partial charge on any atom is -0.499 e. The molecule has 3 N–H and O–H groups in total. The maximum absolute atomic E-state index is 11.2. The van der Waals surface area contributed by atoms with E-state index in [1.54, 1.807) is 0 Å². The molecule has 2 unspecified atom stereocenters. The van der Waals surface area contributed by atoms with Gasteiger partial charge >= 0.3 is 5.97 Å². The highest BCUT2D eigenvalue weighted by atomic mass is 28.3. The first-order chi connectivity index (χ1) is 8.76. The zero-order chi connectivity index (χ0) is 14.6. The molecule has 0 bridgehead atoms. The topological polar surface area (TPSA) is 96.2 Å². The van der Waals surface area contributed by atoms with Gasteiger partial charge in [-0.05, 0) is 6.42 Å². The van der Waals surface area contributed by atoms with E-state index < -0.39 is 38.6 Å². The molecule has 7 heteroatoms. The first-order valence-corrected chi connectivity index (χ1v) is 10.0. The second-order valence-corrected chi connectivity index (χ2v) is 11.4. The lowest BCUT2D eigenvalue weighted by Gasteiger charge is -2.19. The van der Waals surface area contributed by atoms with E-state index in [0.29, 0.717) is 6.61 Å². The fraction of sp³-hybridized carbons (Fsp3) is 0.750. The van der Waals surface area contributed by atoms with Gasteiger partial charge in [-0.1, -0.05) is 25.7 Å². The normalized spacial score (nSPS) is 21.5. The van der Waals surface area contributed by atoms with E-state index in [1.807, 2.05) is 0 Å². The highest BCUT2D eigenvalue weighted by Gasteiger charge is 2.40. The first kappa shape index (κ1) is 16.0. The van der Waals surface area contributed by atoms with Crippen LogP contribution in [0.25, 0.3) is 0 Å². The number of ether oxygens (including phenoxy) is 2. The van der Waals surface area contributed by atoms with Crippen LogP contribution in [0.5, 0.6) is 0 Å². The van der Waals surface area contributed by atoms with Gasteiger partial charge in [0.1, 0.15) is 6.10 Å². The third kappa shape index (κ3) is 4.52. The van der Waals surface area contributed by atoms with E-state index >= 15 is 0 Å². The van der Waals surface area contributed by atoms with Gasteiger partial charge in [0.25, 0.3) is 0 Å². The molecule has 110 valence electrons. The largest absolute Gasteiger partial charge is 0.499 e. The second-order valence-electron chi connectivity index (χ2n) is 5.80. The lowest BCUT2D eigenvalue weighted by molar-refractivity contribution is -0.148. The Hall–Kier alpha value is -1.05. The molecule has 0 spiro atoms. The number of aliphatic hydroxyl groups is 3. The highest BCUT2D eigenvalue weighted by molar-refractivity contribution is 6.76. The molecule has 1 heterocycles. The standard InChI is InChI=1S/C12H22O6Si/c1-19(2,3)6-4-5-17-11-9(15)12(16)18-10(11)8(14)7-13/h8,10,13-15H,4-7H2,1-3H3. The van der Waals surface area contributed by atoms with Crippen molar-refractivity contribution in [3.63, 3.8) is 0 Å². The molecule has 0 saturated carbocycles. The average molecular weight is 290 g/mol. The second kappa shape index (κ2) is 6.40. The van der Waals surface area contributed by atoms with E-state index in [9.17, 15) is 15.0 Å². The van der Waals surface area contributed by atoms with Crippen molar-refractivity contribution in [3.8, 4) is 0 Å². The summed E-state index contributed by atoms with van der Waals surface area (Å²) >= 11 is 0. The molecule has 0 amide bonds. The molecule has 0 aromatic carbocycles. The molecule has 1 aliphatic heterocycles. The number of hydrogen-bond acceptors (Lipinski definition) is 6. The first-order valence-electron chi connectivity index (χ1n) is 6.32. The Labute approximate surface area is 113 Å². The van der Waals surface area contributed by atoms with Crippen LogP contribution in [-0.2, 0) is 14.3 Å². The Morgan fingerprint density at radius 1 is 1.42 bits per heavy atom. The summed E-state index contributed by atoms with van der Waals surface area (Å²) in [4.78, 5) is 11.2. The minimum atomic E-state index is -1.29. The van der Waals surface area contributed by atoms with Crippen molar-refractivity contribution in [2.75, 3.05) is 13.2 Å². The van der Waals surface area contributed by atoms with Crippen LogP contribution in [0.2, 0.25) is 25.7 Å². The summed E-state index contributed by atoms with van der Waals surface area (Å²) in [5.41, 5.74) is 0. The Bertz CT molecular complexity index is 360. The summed E-state index contributed by atoms with van der Waals surface area (Å²) in [5, 5.41) is 27.9. The maximum Gasteiger partial charge on any atom is 0.378 e. The van der Waals surface area contributed by atoms with E-state index in [2.05, 4.69) is 19.6 Å². The number of rotatable bonds is 7. The van der Waals surface area contributed by atoms with E-state index in [4.69, 9.17) is 14.6 Å². The van der Waals surface area contributed by atoms with Crippen LogP contribution in [0, 0.1) is 0 Å². The third-order valence-corrected chi connectivity index (χ3v) is 4.64. The van der Waals surface area contributed by atoms with E-state index in [0.717, 1.165) is 12.5 Å². The van der Waals surface area contributed by atoms with E-state index in [1.165, 1.54) is 0 Å². The van der Waals surface area contributed by atoms with Gasteiger partial charge in [0, 0.05) is 8.07 Å². The molecule has 0 radical (unpaired) electrons. The predicted molar refractivity (Wildman–Crippen MR) is 71.3 cm³/mol. The smallest absolute Gasteiger partial charge is 0.378 e. The predicted octanol–water partition coefficient (Wildman–Crippen LogP) is 0.779. The summed E-state index contributed by atoms with van der Waals surface area (Å²) in [7, 11) is -1.16. The highest BCUT2D eigenvalue weighted by Crippen LogP contribution is 2.25. The number of cyclic esters (lactones) is 1. The van der Waals surface area contributed by atoms with E-state index in [-0.39, 0.29) is 5.76 Å². The third-order valence-electron chi connectivity index (χ3n) is 2.78. The van der Waals surface area contributed by atoms with Crippen LogP contribution >= 0.6 is 0 Å². The number of carbonyl (C=O) groups is 1. The van der Waals surface area contributed by atoms with Crippen LogP contribution in [0.3, 0.4) is 0 Å². The Morgan fingerprint density at radius 3 is 2.58 bits per heavy atom. The molecular formula is C12H22O6Si. The summed E-state index contributed by atoms with van der Waals surface area (Å²) < 4.78 is 10.1. The number of hydrogen-bond donors (Lipinski definition) is 3. The summed E-state index contributed by atoms with van der Waals surface area (Å²) in [6.45, 7) is 6.49. The molecule has 0 aliphatic carbocycles. The molecule has 1 aliphatic rings. The number of esters is 1. The van der Waals surface area contributed by atoms with Crippen LogP contribution in [0.1, 0.15) is 6.42 Å². The number of carbonyl (C=O) groups excluding carboxylic acids is 1. The van der Waals surface area contributed by atoms with Crippen molar-refractivity contribution in [1.82, 2.24) is 0 Å².